The van der Waals surface area contributed by atoms with E-state index in [-0.39, 0.29) is 0 Å². The number of hydrogen-bond acceptors (Lipinski definition) is 2. The minimum absolute atomic E-state index is 0.853. The minimum atomic E-state index is 0.853. The Kier molecular flexibility index (Phi) is 5.87. The van der Waals surface area contributed by atoms with Crippen LogP contribution in [-0.2, 0) is 0 Å². The maximum absolute atomic E-state index is 3.45. The fourth-order valence-corrected chi connectivity index (χ4v) is 1.70. The molecule has 13 heavy (non-hydrogen) atoms. The molecule has 1 atom stereocenters. The van der Waals surface area contributed by atoms with Gasteiger partial charge in [-0.1, -0.05) is 19.1 Å². The van der Waals surface area contributed by atoms with Crippen LogP contribution in [0.25, 0.3) is 0 Å². The van der Waals surface area contributed by atoms with Gasteiger partial charge in [-0.3, -0.25) is 0 Å². The Labute approximate surface area is 81.8 Å². The van der Waals surface area contributed by atoms with Crippen molar-refractivity contribution in [2.24, 2.45) is 5.92 Å². The van der Waals surface area contributed by atoms with Gasteiger partial charge in [-0.25, -0.2) is 0 Å². The predicted octanol–water partition coefficient (Wildman–Crippen LogP) is 1.54. The molecule has 0 saturated carbocycles. The molecule has 0 aromatic heterocycles. The number of rotatable bonds is 7. The first-order valence-electron chi connectivity index (χ1n) is 5.51. The lowest BCUT2D eigenvalue weighted by molar-refractivity contribution is 0.528. The second-order valence-electron chi connectivity index (χ2n) is 3.66. The van der Waals surface area contributed by atoms with Crippen LogP contribution in [0.2, 0.25) is 0 Å². The lowest BCUT2D eigenvalue weighted by Crippen LogP contribution is -2.28. The van der Waals surface area contributed by atoms with Crippen LogP contribution in [0, 0.1) is 5.92 Å². The third kappa shape index (κ3) is 5.06. The van der Waals surface area contributed by atoms with E-state index in [1.165, 1.54) is 25.8 Å². The van der Waals surface area contributed by atoms with Crippen LogP contribution < -0.4 is 10.6 Å². The maximum Gasteiger partial charge on any atom is 0.00767 e. The van der Waals surface area contributed by atoms with Gasteiger partial charge >= 0.3 is 0 Å². The smallest absolute Gasteiger partial charge is 0.00767 e. The van der Waals surface area contributed by atoms with Crippen molar-refractivity contribution in [3.63, 3.8) is 0 Å². The van der Waals surface area contributed by atoms with Gasteiger partial charge in [0.15, 0.2) is 0 Å². The zero-order chi connectivity index (χ0) is 9.36. The Balaban J connectivity index is 1.81. The molecular formula is C11H22N2. The molecule has 0 saturated heterocycles. The van der Waals surface area contributed by atoms with Crippen molar-refractivity contribution >= 4 is 0 Å². The summed E-state index contributed by atoms with van der Waals surface area (Å²) in [7, 11) is 0. The highest BCUT2D eigenvalue weighted by atomic mass is 14.9. The van der Waals surface area contributed by atoms with Gasteiger partial charge in [0.1, 0.15) is 0 Å². The summed E-state index contributed by atoms with van der Waals surface area (Å²) >= 11 is 0. The van der Waals surface area contributed by atoms with Crippen LogP contribution in [-0.4, -0.2) is 26.2 Å². The van der Waals surface area contributed by atoms with Crippen molar-refractivity contribution in [1.82, 2.24) is 10.6 Å². The van der Waals surface area contributed by atoms with Gasteiger partial charge in [-0.2, -0.15) is 0 Å². The molecular weight excluding hydrogens is 160 g/mol. The lowest BCUT2D eigenvalue weighted by atomic mass is 10.1. The Morgan fingerprint density at radius 2 is 2.08 bits per heavy atom. The molecule has 0 aromatic rings. The van der Waals surface area contributed by atoms with E-state index >= 15 is 0 Å². The molecule has 76 valence electrons. The highest BCUT2D eigenvalue weighted by molar-refractivity contribution is 4.95. The van der Waals surface area contributed by atoms with Crippen molar-refractivity contribution in [3.8, 4) is 0 Å². The first-order chi connectivity index (χ1) is 6.43. The molecule has 0 amide bonds. The van der Waals surface area contributed by atoms with E-state index in [2.05, 4.69) is 29.7 Å². The number of likely N-dealkylation sites (N-methyl/N-ethyl adjacent to an activating group) is 1. The van der Waals surface area contributed by atoms with Crippen molar-refractivity contribution in [2.45, 2.75) is 26.2 Å². The molecule has 1 unspecified atom stereocenters. The third-order valence-corrected chi connectivity index (χ3v) is 2.53. The molecule has 0 aromatic carbocycles. The Morgan fingerprint density at radius 1 is 1.23 bits per heavy atom. The average molecular weight is 182 g/mol. The SMILES string of the molecule is CCNCCNCCC1C=CCC1. The second kappa shape index (κ2) is 7.10. The maximum atomic E-state index is 3.45. The first kappa shape index (κ1) is 10.7. The minimum Gasteiger partial charge on any atom is -0.316 e. The zero-order valence-electron chi connectivity index (χ0n) is 8.68. The summed E-state index contributed by atoms with van der Waals surface area (Å²) in [4.78, 5) is 0. The van der Waals surface area contributed by atoms with Gasteiger partial charge in [0.05, 0.1) is 0 Å². The normalized spacial score (nSPS) is 21.2. The molecule has 2 N–H and O–H groups in total. The van der Waals surface area contributed by atoms with Crippen molar-refractivity contribution in [2.75, 3.05) is 26.2 Å². The third-order valence-electron chi connectivity index (χ3n) is 2.53. The molecule has 0 fully saturated rings. The van der Waals surface area contributed by atoms with Gasteiger partial charge in [0.2, 0.25) is 0 Å². The number of allylic oxidation sites excluding steroid dienone is 2. The van der Waals surface area contributed by atoms with Crippen molar-refractivity contribution in [3.05, 3.63) is 12.2 Å². The van der Waals surface area contributed by atoms with E-state index in [0.29, 0.717) is 0 Å². The molecule has 0 spiro atoms. The van der Waals surface area contributed by atoms with Gasteiger partial charge in [-0.15, -0.1) is 0 Å². The molecule has 0 aliphatic heterocycles. The summed E-state index contributed by atoms with van der Waals surface area (Å²) in [6.45, 7) is 6.58. The van der Waals surface area contributed by atoms with Crippen molar-refractivity contribution < 1.29 is 0 Å². The monoisotopic (exact) mass is 182 g/mol. The number of hydrogen-bond donors (Lipinski definition) is 2. The Bertz CT molecular complexity index is 143. The number of nitrogens with one attached hydrogen (secondary N) is 2. The molecule has 2 heteroatoms. The molecule has 2 nitrogen and oxygen atoms in total. The van der Waals surface area contributed by atoms with Crippen LogP contribution in [0.3, 0.4) is 0 Å². The summed E-state index contributed by atoms with van der Waals surface area (Å²) in [5, 5.41) is 6.75. The van der Waals surface area contributed by atoms with E-state index < -0.39 is 0 Å². The Morgan fingerprint density at radius 3 is 2.77 bits per heavy atom. The molecule has 1 rings (SSSR count). The molecule has 0 heterocycles. The molecule has 1 aliphatic rings. The summed E-state index contributed by atoms with van der Waals surface area (Å²) in [5.74, 6) is 0.853. The van der Waals surface area contributed by atoms with Gasteiger partial charge in [-0.05, 0) is 38.3 Å². The zero-order valence-corrected chi connectivity index (χ0v) is 8.68. The van der Waals surface area contributed by atoms with Crippen LogP contribution in [0.5, 0.6) is 0 Å². The van der Waals surface area contributed by atoms with E-state index in [0.717, 1.165) is 25.6 Å². The standard InChI is InChI=1S/C11H22N2/c1-2-12-9-10-13-8-7-11-5-3-4-6-11/h3,5,11-13H,2,4,6-10H2,1H3. The fourth-order valence-electron chi connectivity index (χ4n) is 1.70. The summed E-state index contributed by atoms with van der Waals surface area (Å²) in [6.07, 6.45) is 8.65. The summed E-state index contributed by atoms with van der Waals surface area (Å²) < 4.78 is 0. The van der Waals surface area contributed by atoms with Gasteiger partial charge in [0, 0.05) is 13.1 Å². The van der Waals surface area contributed by atoms with Gasteiger partial charge < -0.3 is 10.6 Å². The first-order valence-corrected chi connectivity index (χ1v) is 5.51. The van der Waals surface area contributed by atoms with Gasteiger partial charge in [0.25, 0.3) is 0 Å². The topological polar surface area (TPSA) is 24.1 Å². The quantitative estimate of drug-likeness (QED) is 0.461. The van der Waals surface area contributed by atoms with E-state index in [1.807, 2.05) is 0 Å². The Hall–Kier alpha value is -0.340. The van der Waals surface area contributed by atoms with E-state index in [9.17, 15) is 0 Å². The van der Waals surface area contributed by atoms with E-state index in [1.54, 1.807) is 0 Å². The van der Waals surface area contributed by atoms with Crippen molar-refractivity contribution in [1.29, 1.82) is 0 Å². The lowest BCUT2D eigenvalue weighted by Gasteiger charge is -2.08. The fraction of sp³-hybridized carbons (Fsp3) is 0.818. The van der Waals surface area contributed by atoms with Crippen LogP contribution in [0.4, 0.5) is 0 Å². The summed E-state index contributed by atoms with van der Waals surface area (Å²) in [5.41, 5.74) is 0. The summed E-state index contributed by atoms with van der Waals surface area (Å²) in [6, 6.07) is 0. The van der Waals surface area contributed by atoms with Crippen LogP contribution in [0.1, 0.15) is 26.2 Å². The largest absolute Gasteiger partial charge is 0.316 e. The molecule has 1 aliphatic carbocycles. The second-order valence-corrected chi connectivity index (χ2v) is 3.66. The molecule has 0 radical (unpaired) electrons. The van der Waals surface area contributed by atoms with Crippen LogP contribution in [0.15, 0.2) is 12.2 Å². The molecule has 0 bridgehead atoms. The van der Waals surface area contributed by atoms with E-state index in [4.69, 9.17) is 0 Å². The highest BCUT2D eigenvalue weighted by Crippen LogP contribution is 2.19. The average Bonchev–Trinajstić information content (AvgIpc) is 2.63. The predicted molar refractivity (Wildman–Crippen MR) is 57.9 cm³/mol. The van der Waals surface area contributed by atoms with Crippen LogP contribution >= 0.6 is 0 Å². The highest BCUT2D eigenvalue weighted by Gasteiger charge is 2.07.